The molecule has 0 aliphatic carbocycles. The number of hydrogen-bond donors (Lipinski definition) is 1. The Morgan fingerprint density at radius 2 is 1.97 bits per heavy atom. The van der Waals surface area contributed by atoms with Gasteiger partial charge in [-0.25, -0.2) is 4.79 Å². The van der Waals surface area contributed by atoms with Crippen LogP contribution in [-0.2, 0) is 11.2 Å². The fourth-order valence-electron chi connectivity index (χ4n) is 3.99. The lowest BCUT2D eigenvalue weighted by Crippen LogP contribution is -2.13. The minimum Gasteiger partial charge on any atom is -0.496 e. The van der Waals surface area contributed by atoms with Gasteiger partial charge >= 0.3 is 5.63 Å². The number of methoxy groups -OCH3 is 1. The zero-order valence-electron chi connectivity index (χ0n) is 18.2. The van der Waals surface area contributed by atoms with Crippen LogP contribution in [0.2, 0.25) is 0 Å². The predicted molar refractivity (Wildman–Crippen MR) is 123 cm³/mol. The molecule has 160 valence electrons. The van der Waals surface area contributed by atoms with Crippen LogP contribution in [-0.4, -0.2) is 17.6 Å². The van der Waals surface area contributed by atoms with Crippen molar-refractivity contribution in [1.29, 1.82) is 0 Å². The molecule has 0 fully saturated rings. The Kier molecular flexibility index (Phi) is 5.55. The summed E-state index contributed by atoms with van der Waals surface area (Å²) in [4.78, 5) is 24.4. The van der Waals surface area contributed by atoms with Crippen LogP contribution < -0.4 is 15.7 Å². The van der Waals surface area contributed by atoms with Gasteiger partial charge in [0.25, 0.3) is 0 Å². The molecule has 0 saturated carbocycles. The largest absolute Gasteiger partial charge is 0.496 e. The van der Waals surface area contributed by atoms with Gasteiger partial charge in [0.15, 0.2) is 0 Å². The molecule has 4 aromatic rings. The third-order valence-electron chi connectivity index (χ3n) is 5.57. The van der Waals surface area contributed by atoms with E-state index >= 15 is 0 Å². The summed E-state index contributed by atoms with van der Waals surface area (Å²) >= 11 is 0. The van der Waals surface area contributed by atoms with Crippen molar-refractivity contribution >= 4 is 33.5 Å². The Morgan fingerprint density at radius 1 is 1.16 bits per heavy atom. The maximum Gasteiger partial charge on any atom is 0.336 e. The van der Waals surface area contributed by atoms with Crippen LogP contribution in [0, 0.1) is 6.92 Å². The van der Waals surface area contributed by atoms with Gasteiger partial charge in [-0.2, -0.15) is 0 Å². The molecule has 1 amide bonds. The third-order valence-corrected chi connectivity index (χ3v) is 5.57. The van der Waals surface area contributed by atoms with Crippen LogP contribution in [0.5, 0.6) is 5.75 Å². The van der Waals surface area contributed by atoms with E-state index in [1.165, 1.54) is 6.07 Å². The number of amides is 1. The van der Waals surface area contributed by atoms with Crippen LogP contribution in [0.3, 0.4) is 0 Å². The molecule has 0 aliphatic heterocycles. The molecule has 4 rings (SSSR count). The molecular formula is C25H26N2O4. The number of hydrogen-bond acceptors (Lipinski definition) is 4. The maximum absolute atomic E-state index is 12.7. The SMILES string of the molecule is COc1cc2oc(=O)cc(C)c2cc1CCC(=O)Nc1cccc2c1ccn2C(C)C. The third kappa shape index (κ3) is 4.06. The minimum atomic E-state index is -0.389. The standard InChI is InChI=1S/C25H26N2O4/c1-15(2)27-11-10-18-20(6-5-7-21(18)27)26-24(28)9-8-17-13-19-16(3)12-25(29)31-23(19)14-22(17)30-4/h5-7,10-15H,8-9H2,1-4H3,(H,26,28). The highest BCUT2D eigenvalue weighted by molar-refractivity contribution is 6.01. The van der Waals surface area contributed by atoms with Gasteiger partial charge < -0.3 is 19.0 Å². The van der Waals surface area contributed by atoms with E-state index in [1.807, 2.05) is 37.4 Å². The van der Waals surface area contributed by atoms with Crippen LogP contribution in [0.4, 0.5) is 5.69 Å². The fraction of sp³-hybridized carbons (Fsp3) is 0.280. The molecular weight excluding hydrogens is 392 g/mol. The normalized spacial score (nSPS) is 11.4. The molecule has 6 heteroatoms. The second-order valence-corrected chi connectivity index (χ2v) is 8.01. The maximum atomic E-state index is 12.7. The number of ether oxygens (including phenoxy) is 1. The van der Waals surface area contributed by atoms with Gasteiger partial charge in [-0.15, -0.1) is 0 Å². The molecule has 2 heterocycles. The smallest absolute Gasteiger partial charge is 0.336 e. The van der Waals surface area contributed by atoms with E-state index in [2.05, 4.69) is 29.8 Å². The Balaban J connectivity index is 1.55. The number of nitrogens with one attached hydrogen (secondary N) is 1. The van der Waals surface area contributed by atoms with Crippen molar-refractivity contribution in [3.05, 3.63) is 70.2 Å². The molecule has 0 atom stereocenters. The van der Waals surface area contributed by atoms with E-state index in [-0.39, 0.29) is 11.5 Å². The van der Waals surface area contributed by atoms with E-state index in [0.717, 1.165) is 33.1 Å². The van der Waals surface area contributed by atoms with E-state index < -0.39 is 0 Å². The Hall–Kier alpha value is -3.54. The van der Waals surface area contributed by atoms with Gasteiger partial charge in [-0.05, 0) is 62.6 Å². The second kappa shape index (κ2) is 8.30. The van der Waals surface area contributed by atoms with Crippen LogP contribution in [0.25, 0.3) is 21.9 Å². The number of nitrogens with zero attached hydrogens (tertiary/aromatic N) is 1. The van der Waals surface area contributed by atoms with Gasteiger partial charge in [0.1, 0.15) is 11.3 Å². The highest BCUT2D eigenvalue weighted by Gasteiger charge is 2.13. The van der Waals surface area contributed by atoms with Gasteiger partial charge in [0.05, 0.1) is 18.3 Å². The first-order valence-corrected chi connectivity index (χ1v) is 10.4. The van der Waals surface area contributed by atoms with Crippen molar-refractivity contribution < 1.29 is 13.9 Å². The number of fused-ring (bicyclic) bond motifs is 2. The summed E-state index contributed by atoms with van der Waals surface area (Å²) in [7, 11) is 1.57. The van der Waals surface area contributed by atoms with E-state index in [0.29, 0.717) is 30.2 Å². The second-order valence-electron chi connectivity index (χ2n) is 8.01. The molecule has 1 N–H and O–H groups in total. The first kappa shape index (κ1) is 20.7. The van der Waals surface area contributed by atoms with Gasteiger partial charge in [0, 0.05) is 41.6 Å². The number of anilines is 1. The Bertz CT molecular complexity index is 1330. The molecule has 2 aromatic carbocycles. The number of benzene rings is 2. The zero-order chi connectivity index (χ0) is 22.1. The molecule has 0 spiro atoms. The Labute approximate surface area is 180 Å². The minimum absolute atomic E-state index is 0.0664. The fourth-order valence-corrected chi connectivity index (χ4v) is 3.99. The molecule has 0 bridgehead atoms. The van der Waals surface area contributed by atoms with Crippen LogP contribution in [0.15, 0.2) is 57.9 Å². The van der Waals surface area contributed by atoms with Crippen molar-refractivity contribution in [2.75, 3.05) is 12.4 Å². The molecule has 0 radical (unpaired) electrons. The lowest BCUT2D eigenvalue weighted by molar-refractivity contribution is -0.116. The summed E-state index contributed by atoms with van der Waals surface area (Å²) in [6, 6.07) is 13.4. The number of carbonyl (C=O) groups is 1. The molecule has 0 saturated heterocycles. The van der Waals surface area contributed by atoms with Crippen molar-refractivity contribution in [1.82, 2.24) is 4.57 Å². The van der Waals surface area contributed by atoms with Gasteiger partial charge in [-0.3, -0.25) is 4.79 Å². The highest BCUT2D eigenvalue weighted by Crippen LogP contribution is 2.29. The molecule has 0 unspecified atom stereocenters. The highest BCUT2D eigenvalue weighted by atomic mass is 16.5. The summed E-state index contributed by atoms with van der Waals surface area (Å²) in [5.74, 6) is 0.536. The van der Waals surface area contributed by atoms with E-state index in [1.54, 1.807) is 13.2 Å². The lowest BCUT2D eigenvalue weighted by atomic mass is 10.0. The van der Waals surface area contributed by atoms with E-state index in [4.69, 9.17) is 9.15 Å². The number of rotatable bonds is 6. The summed E-state index contributed by atoms with van der Waals surface area (Å²) in [5.41, 5.74) is 3.73. The first-order chi connectivity index (χ1) is 14.9. The first-order valence-electron chi connectivity index (χ1n) is 10.4. The lowest BCUT2D eigenvalue weighted by Gasteiger charge is -2.12. The average Bonchev–Trinajstić information content (AvgIpc) is 3.17. The Morgan fingerprint density at radius 3 is 2.71 bits per heavy atom. The summed E-state index contributed by atoms with van der Waals surface area (Å²) in [5, 5.41) is 4.92. The van der Waals surface area contributed by atoms with Crippen LogP contribution in [0.1, 0.15) is 37.4 Å². The van der Waals surface area contributed by atoms with Crippen molar-refractivity contribution in [2.24, 2.45) is 0 Å². The summed E-state index contributed by atoms with van der Waals surface area (Å²) < 4.78 is 12.9. The van der Waals surface area contributed by atoms with Gasteiger partial charge in [0.2, 0.25) is 5.91 Å². The zero-order valence-corrected chi connectivity index (χ0v) is 18.2. The average molecular weight is 418 g/mol. The quantitative estimate of drug-likeness (QED) is 0.436. The molecule has 0 aliphatic rings. The molecule has 2 aromatic heterocycles. The number of aryl methyl sites for hydroxylation is 2. The number of aromatic nitrogens is 1. The topological polar surface area (TPSA) is 73.5 Å². The molecule has 6 nitrogen and oxygen atoms in total. The molecule has 31 heavy (non-hydrogen) atoms. The summed E-state index contributed by atoms with van der Waals surface area (Å²) in [6.45, 7) is 6.13. The van der Waals surface area contributed by atoms with Crippen molar-refractivity contribution in [2.45, 2.75) is 39.7 Å². The van der Waals surface area contributed by atoms with Crippen molar-refractivity contribution in [3.8, 4) is 5.75 Å². The van der Waals surface area contributed by atoms with Crippen LogP contribution >= 0.6 is 0 Å². The monoisotopic (exact) mass is 418 g/mol. The van der Waals surface area contributed by atoms with Gasteiger partial charge in [-0.1, -0.05) is 6.07 Å². The predicted octanol–water partition coefficient (Wildman–Crippen LogP) is 5.22. The van der Waals surface area contributed by atoms with Crippen molar-refractivity contribution in [3.63, 3.8) is 0 Å². The van der Waals surface area contributed by atoms with E-state index in [9.17, 15) is 9.59 Å². The number of carbonyl (C=O) groups excluding carboxylic acids is 1. The summed E-state index contributed by atoms with van der Waals surface area (Å²) in [6.07, 6.45) is 2.86.